The minimum atomic E-state index is 1.72. The molecule has 50 valence electrons. The molecule has 0 rings (SSSR count). The summed E-state index contributed by atoms with van der Waals surface area (Å²) in [4.78, 5) is 3.76. The molecule has 0 amide bonds. The van der Waals surface area contributed by atoms with Crippen LogP contribution in [0.1, 0.15) is 6.92 Å². The van der Waals surface area contributed by atoms with Gasteiger partial charge in [-0.3, -0.25) is 4.99 Å². The summed E-state index contributed by atoms with van der Waals surface area (Å²) in [5.41, 5.74) is 0. The molecule has 0 aromatic heterocycles. The number of allylic oxidation sites excluding steroid dienone is 2. The lowest BCUT2D eigenvalue weighted by atomic mass is 10.6. The fourth-order valence-corrected chi connectivity index (χ4v) is 0.336. The zero-order valence-corrected chi connectivity index (χ0v) is 5.83. The first-order chi connectivity index (χ1) is 4.41. The fraction of sp³-hybridized carbons (Fsp3) is 0.286. The normalized spacial score (nSPS) is 12.2. The zero-order chi connectivity index (χ0) is 6.95. The monoisotopic (exact) mass is 124 g/mol. The van der Waals surface area contributed by atoms with Crippen molar-refractivity contribution in [3.05, 3.63) is 24.6 Å². The molecule has 0 aliphatic heterocycles. The highest BCUT2D eigenvalue weighted by molar-refractivity contribution is 5.70. The number of hydrogen-bond donors (Lipinski definition) is 1. The van der Waals surface area contributed by atoms with E-state index in [2.05, 4.69) is 10.3 Å². The van der Waals surface area contributed by atoms with E-state index in [0.29, 0.717) is 0 Å². The molecule has 0 spiro atoms. The van der Waals surface area contributed by atoms with E-state index < -0.39 is 0 Å². The van der Waals surface area contributed by atoms with Gasteiger partial charge in [0.05, 0.1) is 0 Å². The maximum Gasteiger partial charge on any atom is 0.0277 e. The van der Waals surface area contributed by atoms with Gasteiger partial charge in [0, 0.05) is 19.5 Å². The largest absolute Gasteiger partial charge is 0.368 e. The number of nitrogens with zero attached hydrogens (tertiary/aromatic N) is 1. The van der Waals surface area contributed by atoms with Crippen molar-refractivity contribution in [2.45, 2.75) is 6.92 Å². The van der Waals surface area contributed by atoms with Gasteiger partial charge in [0.15, 0.2) is 0 Å². The second-order valence-electron chi connectivity index (χ2n) is 1.43. The predicted molar refractivity (Wildman–Crippen MR) is 41.5 cm³/mol. The molecule has 0 aromatic carbocycles. The summed E-state index contributed by atoms with van der Waals surface area (Å²) in [7, 11) is 1.74. The van der Waals surface area contributed by atoms with Crippen LogP contribution < -0.4 is 5.32 Å². The molecule has 0 aliphatic rings. The number of rotatable bonds is 3. The van der Waals surface area contributed by atoms with Crippen molar-refractivity contribution in [2.24, 2.45) is 4.99 Å². The Bertz CT molecular complexity index is 123. The Morgan fingerprint density at radius 1 is 1.33 bits per heavy atom. The third-order valence-electron chi connectivity index (χ3n) is 0.690. The molecule has 0 aliphatic carbocycles. The molecule has 2 heteroatoms. The van der Waals surface area contributed by atoms with Gasteiger partial charge in [-0.15, -0.1) is 0 Å². The van der Waals surface area contributed by atoms with Crippen LogP contribution in [0.4, 0.5) is 0 Å². The Hall–Kier alpha value is -1.05. The first kappa shape index (κ1) is 7.95. The van der Waals surface area contributed by atoms with E-state index in [4.69, 9.17) is 0 Å². The van der Waals surface area contributed by atoms with E-state index in [1.54, 1.807) is 13.3 Å². The van der Waals surface area contributed by atoms with Crippen molar-refractivity contribution in [1.82, 2.24) is 5.32 Å². The standard InChI is InChI=1S/C7H12N2/c1-3-5-9-7-4-6-8-2/h3-7,9H,1-2H3/b5-3+,7-4-,8-6?. The van der Waals surface area contributed by atoms with Gasteiger partial charge in [0.1, 0.15) is 0 Å². The van der Waals surface area contributed by atoms with Crippen LogP contribution in [0.2, 0.25) is 0 Å². The average molecular weight is 124 g/mol. The summed E-state index contributed by atoms with van der Waals surface area (Å²) < 4.78 is 0. The molecule has 0 radical (unpaired) electrons. The Morgan fingerprint density at radius 3 is 2.67 bits per heavy atom. The van der Waals surface area contributed by atoms with Gasteiger partial charge in [-0.05, 0) is 19.2 Å². The second kappa shape index (κ2) is 6.95. The quantitative estimate of drug-likeness (QED) is 0.564. The summed E-state index contributed by atoms with van der Waals surface area (Å²) >= 11 is 0. The van der Waals surface area contributed by atoms with E-state index in [9.17, 15) is 0 Å². The molecule has 0 atom stereocenters. The molecule has 1 N–H and O–H groups in total. The topological polar surface area (TPSA) is 24.4 Å². The first-order valence-electron chi connectivity index (χ1n) is 2.86. The average Bonchev–Trinajstić information content (AvgIpc) is 1.89. The molecular weight excluding hydrogens is 112 g/mol. The van der Waals surface area contributed by atoms with Crippen LogP contribution >= 0.6 is 0 Å². The highest BCUT2D eigenvalue weighted by atomic mass is 14.8. The lowest BCUT2D eigenvalue weighted by molar-refractivity contribution is 1.19. The van der Waals surface area contributed by atoms with E-state index in [0.717, 1.165) is 0 Å². The van der Waals surface area contributed by atoms with Crippen molar-refractivity contribution < 1.29 is 0 Å². The number of aliphatic imine (C=N–C) groups is 1. The summed E-state index contributed by atoms with van der Waals surface area (Å²) in [5.74, 6) is 0. The van der Waals surface area contributed by atoms with Crippen molar-refractivity contribution in [3.63, 3.8) is 0 Å². The van der Waals surface area contributed by atoms with Crippen LogP contribution in [-0.4, -0.2) is 13.3 Å². The molecule has 0 saturated heterocycles. The summed E-state index contributed by atoms with van der Waals surface area (Å²) in [6.07, 6.45) is 9.14. The Kier molecular flexibility index (Phi) is 6.14. The third kappa shape index (κ3) is 6.95. The molecule has 0 aromatic rings. The van der Waals surface area contributed by atoms with Gasteiger partial charge in [-0.25, -0.2) is 0 Å². The molecule has 0 fully saturated rings. The minimum Gasteiger partial charge on any atom is -0.368 e. The molecule has 9 heavy (non-hydrogen) atoms. The number of hydrogen-bond acceptors (Lipinski definition) is 2. The van der Waals surface area contributed by atoms with Crippen LogP contribution in [0.5, 0.6) is 0 Å². The van der Waals surface area contributed by atoms with Gasteiger partial charge in [0.25, 0.3) is 0 Å². The molecule has 0 heterocycles. The van der Waals surface area contributed by atoms with Gasteiger partial charge >= 0.3 is 0 Å². The van der Waals surface area contributed by atoms with E-state index >= 15 is 0 Å². The highest BCUT2D eigenvalue weighted by Crippen LogP contribution is 1.65. The predicted octanol–water partition coefficient (Wildman–Crippen LogP) is 1.32. The van der Waals surface area contributed by atoms with Crippen molar-refractivity contribution >= 4 is 6.21 Å². The van der Waals surface area contributed by atoms with Crippen LogP contribution in [0, 0.1) is 0 Å². The van der Waals surface area contributed by atoms with Gasteiger partial charge in [-0.1, -0.05) is 6.08 Å². The highest BCUT2D eigenvalue weighted by Gasteiger charge is 1.60. The summed E-state index contributed by atoms with van der Waals surface area (Å²) in [6.45, 7) is 1.95. The SMILES string of the molecule is C/C=C/N/C=C\C=NC. The van der Waals surface area contributed by atoms with Gasteiger partial charge < -0.3 is 5.32 Å². The molecule has 2 nitrogen and oxygen atoms in total. The van der Waals surface area contributed by atoms with E-state index in [-0.39, 0.29) is 0 Å². The fourth-order valence-electron chi connectivity index (χ4n) is 0.336. The maximum atomic E-state index is 3.76. The van der Waals surface area contributed by atoms with Gasteiger partial charge in [-0.2, -0.15) is 0 Å². The van der Waals surface area contributed by atoms with Crippen LogP contribution in [0.15, 0.2) is 29.5 Å². The van der Waals surface area contributed by atoms with Crippen molar-refractivity contribution in [3.8, 4) is 0 Å². The Morgan fingerprint density at radius 2 is 2.11 bits per heavy atom. The lowest BCUT2D eigenvalue weighted by Gasteiger charge is -1.82. The Balaban J connectivity index is 3.25. The molecular formula is C7H12N2. The molecule has 0 unspecified atom stereocenters. The smallest absolute Gasteiger partial charge is 0.0277 e. The van der Waals surface area contributed by atoms with E-state index in [1.807, 2.05) is 31.5 Å². The third-order valence-corrected chi connectivity index (χ3v) is 0.690. The first-order valence-corrected chi connectivity index (χ1v) is 2.86. The molecule has 0 bridgehead atoms. The summed E-state index contributed by atoms with van der Waals surface area (Å²) in [6, 6.07) is 0. The van der Waals surface area contributed by atoms with Crippen LogP contribution in [0.25, 0.3) is 0 Å². The summed E-state index contributed by atoms with van der Waals surface area (Å²) in [5, 5.41) is 2.92. The molecule has 0 saturated carbocycles. The van der Waals surface area contributed by atoms with E-state index in [1.165, 1.54) is 0 Å². The minimum absolute atomic E-state index is 1.72. The van der Waals surface area contributed by atoms with Crippen molar-refractivity contribution in [2.75, 3.05) is 7.05 Å². The second-order valence-corrected chi connectivity index (χ2v) is 1.43. The van der Waals surface area contributed by atoms with Crippen molar-refractivity contribution in [1.29, 1.82) is 0 Å². The zero-order valence-electron chi connectivity index (χ0n) is 5.83. The number of nitrogens with one attached hydrogen (secondary N) is 1. The Labute approximate surface area is 56.0 Å². The van der Waals surface area contributed by atoms with Gasteiger partial charge in [0.2, 0.25) is 0 Å². The van der Waals surface area contributed by atoms with Crippen LogP contribution in [0.3, 0.4) is 0 Å². The van der Waals surface area contributed by atoms with Crippen LogP contribution in [-0.2, 0) is 0 Å². The maximum absolute atomic E-state index is 3.76. The lowest BCUT2D eigenvalue weighted by Crippen LogP contribution is -1.89.